The van der Waals surface area contributed by atoms with Crippen LogP contribution in [0.25, 0.3) is 0 Å². The smallest absolute Gasteiger partial charge is 0.161 e. The summed E-state index contributed by atoms with van der Waals surface area (Å²) in [5, 5.41) is 0. The maximum atomic E-state index is 11.3. The van der Waals surface area contributed by atoms with Crippen molar-refractivity contribution in [2.75, 3.05) is 23.7 Å². The molecule has 0 amide bonds. The summed E-state index contributed by atoms with van der Waals surface area (Å²) in [5.74, 6) is 0.0191. The van der Waals surface area contributed by atoms with Gasteiger partial charge >= 0.3 is 0 Å². The Morgan fingerprint density at radius 1 is 1.35 bits per heavy atom. The third-order valence-electron chi connectivity index (χ3n) is 2.94. The van der Waals surface area contributed by atoms with E-state index in [-0.39, 0.29) is 5.78 Å². The van der Waals surface area contributed by atoms with E-state index in [1.807, 2.05) is 18.2 Å². The maximum Gasteiger partial charge on any atom is 0.161 e. The Balaban J connectivity index is 2.90. The molecule has 0 aromatic heterocycles. The van der Waals surface area contributed by atoms with Gasteiger partial charge in [0.2, 0.25) is 0 Å². The fourth-order valence-electron chi connectivity index (χ4n) is 1.89. The molecule has 17 heavy (non-hydrogen) atoms. The molecule has 0 fully saturated rings. The minimum atomic E-state index is 0.0191. The Morgan fingerprint density at radius 2 is 2.06 bits per heavy atom. The highest BCUT2D eigenvalue weighted by atomic mass is 16.1. The molecule has 0 aliphatic rings. The number of carbonyl (C=O) groups is 1. The first kappa shape index (κ1) is 13.6. The minimum absolute atomic E-state index is 0.0191. The molecule has 0 heterocycles. The van der Waals surface area contributed by atoms with Gasteiger partial charge in [-0.05, 0) is 38.5 Å². The number of ketones is 1. The highest BCUT2D eigenvalue weighted by Gasteiger charge is 2.08. The number of nitrogens with two attached hydrogens (primary N) is 1. The van der Waals surface area contributed by atoms with Crippen LogP contribution in [0, 0.1) is 0 Å². The summed E-state index contributed by atoms with van der Waals surface area (Å²) in [6.45, 7) is 7.84. The molecule has 0 radical (unpaired) electrons. The van der Waals surface area contributed by atoms with Crippen LogP contribution in [-0.4, -0.2) is 18.9 Å². The quantitative estimate of drug-likeness (QED) is 0.607. The molecule has 94 valence electrons. The first-order valence-electron chi connectivity index (χ1n) is 6.25. The summed E-state index contributed by atoms with van der Waals surface area (Å²) in [6.07, 6.45) is 2.35. The van der Waals surface area contributed by atoms with Crippen molar-refractivity contribution in [1.82, 2.24) is 0 Å². The topological polar surface area (TPSA) is 46.3 Å². The maximum absolute atomic E-state index is 11.3. The third-order valence-corrected chi connectivity index (χ3v) is 2.94. The number of hydrogen-bond donors (Lipinski definition) is 1. The van der Waals surface area contributed by atoms with Crippen molar-refractivity contribution in [3.05, 3.63) is 23.8 Å². The number of nitrogens with zero attached hydrogens (tertiary/aromatic N) is 1. The highest BCUT2D eigenvalue weighted by Crippen LogP contribution is 2.22. The largest absolute Gasteiger partial charge is 0.398 e. The van der Waals surface area contributed by atoms with Gasteiger partial charge < -0.3 is 10.6 Å². The second kappa shape index (κ2) is 6.28. The molecule has 3 nitrogen and oxygen atoms in total. The molecule has 0 aliphatic heterocycles. The van der Waals surface area contributed by atoms with E-state index in [1.54, 1.807) is 6.92 Å². The molecule has 0 spiro atoms. The zero-order valence-corrected chi connectivity index (χ0v) is 11.0. The van der Waals surface area contributed by atoms with E-state index in [2.05, 4.69) is 18.7 Å². The lowest BCUT2D eigenvalue weighted by atomic mass is 10.1. The number of carbonyl (C=O) groups excluding carboxylic acids is 1. The van der Waals surface area contributed by atoms with E-state index >= 15 is 0 Å². The number of benzene rings is 1. The van der Waals surface area contributed by atoms with E-state index in [0.717, 1.165) is 18.8 Å². The Bertz CT molecular complexity index is 388. The number of Topliss-reactive ketones (excluding diaryl/α,β-unsaturated/α-hetero) is 1. The first-order chi connectivity index (χ1) is 8.10. The Kier molecular flexibility index (Phi) is 5.01. The molecule has 1 aromatic carbocycles. The molecule has 0 unspecified atom stereocenters. The number of nitrogen functional groups attached to an aromatic ring is 1. The minimum Gasteiger partial charge on any atom is -0.398 e. The summed E-state index contributed by atoms with van der Waals surface area (Å²) >= 11 is 0. The lowest BCUT2D eigenvalue weighted by Gasteiger charge is -2.23. The molecular formula is C14H22N2O. The Labute approximate surface area is 104 Å². The van der Waals surface area contributed by atoms with Crippen molar-refractivity contribution in [1.29, 1.82) is 0 Å². The van der Waals surface area contributed by atoms with Crippen LogP contribution in [-0.2, 0) is 0 Å². The molecule has 1 rings (SSSR count). The van der Waals surface area contributed by atoms with E-state index in [0.29, 0.717) is 11.3 Å². The SMILES string of the molecule is CCCCN(CC)c1ccc(C(C)=O)c(N)c1. The molecule has 0 aliphatic carbocycles. The number of anilines is 2. The van der Waals surface area contributed by atoms with Crippen molar-refractivity contribution in [2.24, 2.45) is 0 Å². The van der Waals surface area contributed by atoms with Gasteiger partial charge in [-0.25, -0.2) is 0 Å². The summed E-state index contributed by atoms with van der Waals surface area (Å²) in [6, 6.07) is 5.70. The van der Waals surface area contributed by atoms with Crippen LogP contribution in [0.2, 0.25) is 0 Å². The third kappa shape index (κ3) is 3.48. The Morgan fingerprint density at radius 3 is 2.53 bits per heavy atom. The molecule has 1 aromatic rings. The zero-order chi connectivity index (χ0) is 12.8. The van der Waals surface area contributed by atoms with Crippen molar-refractivity contribution in [3.63, 3.8) is 0 Å². The van der Waals surface area contributed by atoms with Crippen LogP contribution in [0.1, 0.15) is 44.0 Å². The lowest BCUT2D eigenvalue weighted by Crippen LogP contribution is -2.24. The average molecular weight is 234 g/mol. The van der Waals surface area contributed by atoms with E-state index in [9.17, 15) is 4.79 Å². The van der Waals surface area contributed by atoms with Crippen molar-refractivity contribution < 1.29 is 4.79 Å². The molecule has 0 atom stereocenters. The second-order valence-corrected chi connectivity index (χ2v) is 4.26. The normalized spacial score (nSPS) is 10.3. The Hall–Kier alpha value is -1.51. The van der Waals surface area contributed by atoms with Gasteiger partial charge in [-0.3, -0.25) is 4.79 Å². The van der Waals surface area contributed by atoms with Crippen LogP contribution in [0.3, 0.4) is 0 Å². The highest BCUT2D eigenvalue weighted by molar-refractivity contribution is 5.99. The summed E-state index contributed by atoms with van der Waals surface area (Å²) in [7, 11) is 0. The van der Waals surface area contributed by atoms with Gasteiger partial charge in [0.25, 0.3) is 0 Å². The van der Waals surface area contributed by atoms with Gasteiger partial charge in [0.1, 0.15) is 0 Å². The van der Waals surface area contributed by atoms with Crippen LogP contribution in [0.15, 0.2) is 18.2 Å². The summed E-state index contributed by atoms with van der Waals surface area (Å²) < 4.78 is 0. The van der Waals surface area contributed by atoms with E-state index < -0.39 is 0 Å². The van der Waals surface area contributed by atoms with Crippen LogP contribution >= 0.6 is 0 Å². The van der Waals surface area contributed by atoms with Crippen molar-refractivity contribution >= 4 is 17.2 Å². The summed E-state index contributed by atoms with van der Waals surface area (Å²) in [4.78, 5) is 13.6. The van der Waals surface area contributed by atoms with Crippen LogP contribution < -0.4 is 10.6 Å². The molecule has 2 N–H and O–H groups in total. The van der Waals surface area contributed by atoms with E-state index in [1.165, 1.54) is 12.8 Å². The zero-order valence-electron chi connectivity index (χ0n) is 11.0. The van der Waals surface area contributed by atoms with E-state index in [4.69, 9.17) is 5.73 Å². The number of rotatable bonds is 6. The standard InChI is InChI=1S/C14H22N2O/c1-4-6-9-16(5-2)12-7-8-13(11(3)17)14(15)10-12/h7-8,10H,4-6,9,15H2,1-3H3. The monoisotopic (exact) mass is 234 g/mol. The van der Waals surface area contributed by atoms with Gasteiger partial charge in [0.05, 0.1) is 0 Å². The predicted molar refractivity (Wildman–Crippen MR) is 73.7 cm³/mol. The molecule has 0 saturated carbocycles. The van der Waals surface area contributed by atoms with Crippen LogP contribution in [0.5, 0.6) is 0 Å². The fraction of sp³-hybridized carbons (Fsp3) is 0.500. The summed E-state index contributed by atoms with van der Waals surface area (Å²) in [5.41, 5.74) is 8.18. The van der Waals surface area contributed by atoms with Gasteiger partial charge in [0.15, 0.2) is 5.78 Å². The van der Waals surface area contributed by atoms with Crippen LogP contribution in [0.4, 0.5) is 11.4 Å². The average Bonchev–Trinajstić information content (AvgIpc) is 2.29. The molecule has 0 bridgehead atoms. The molecular weight excluding hydrogens is 212 g/mol. The first-order valence-corrected chi connectivity index (χ1v) is 6.25. The lowest BCUT2D eigenvalue weighted by molar-refractivity contribution is 0.101. The second-order valence-electron chi connectivity index (χ2n) is 4.26. The van der Waals surface area contributed by atoms with Crippen molar-refractivity contribution in [2.45, 2.75) is 33.6 Å². The van der Waals surface area contributed by atoms with Gasteiger partial charge in [-0.2, -0.15) is 0 Å². The fourth-order valence-corrected chi connectivity index (χ4v) is 1.89. The number of unbranched alkanes of at least 4 members (excludes halogenated alkanes) is 1. The van der Waals surface area contributed by atoms with Gasteiger partial charge in [-0.1, -0.05) is 13.3 Å². The van der Waals surface area contributed by atoms with Crippen molar-refractivity contribution in [3.8, 4) is 0 Å². The molecule has 3 heteroatoms. The van der Waals surface area contributed by atoms with Gasteiger partial charge in [0, 0.05) is 30.0 Å². The van der Waals surface area contributed by atoms with Gasteiger partial charge in [-0.15, -0.1) is 0 Å². The molecule has 0 saturated heterocycles. The predicted octanol–water partition coefficient (Wildman–Crippen LogP) is 3.10. The number of hydrogen-bond acceptors (Lipinski definition) is 3.